The van der Waals surface area contributed by atoms with Crippen molar-refractivity contribution in [3.63, 3.8) is 0 Å². The molecule has 0 unspecified atom stereocenters. The highest BCUT2D eigenvalue weighted by atomic mass is 16.5. The Balaban J connectivity index is 1.44. The normalized spacial score (nSPS) is 14.8. The van der Waals surface area contributed by atoms with Crippen molar-refractivity contribution in [2.45, 2.75) is 19.4 Å². The first-order valence-electron chi connectivity index (χ1n) is 10.1. The minimum absolute atomic E-state index is 0.270. The van der Waals surface area contributed by atoms with Crippen molar-refractivity contribution >= 4 is 11.8 Å². The number of nitrogens with one attached hydrogen (secondary N) is 1. The molecule has 0 atom stereocenters. The summed E-state index contributed by atoms with van der Waals surface area (Å²) in [7, 11) is 0. The number of nitrogens with zero attached hydrogens (tertiary/aromatic N) is 5. The van der Waals surface area contributed by atoms with Crippen LogP contribution in [0.25, 0.3) is 11.5 Å². The Morgan fingerprint density at radius 2 is 2.00 bits per heavy atom. The van der Waals surface area contributed by atoms with Crippen molar-refractivity contribution in [1.29, 1.82) is 0 Å². The van der Waals surface area contributed by atoms with Gasteiger partial charge in [0, 0.05) is 18.1 Å². The fraction of sp³-hybridized carbons (Fsp3) is 0.130. The Labute approximate surface area is 184 Å². The van der Waals surface area contributed by atoms with Crippen LogP contribution in [-0.4, -0.2) is 20.2 Å². The molecule has 0 amide bonds. The lowest BCUT2D eigenvalue weighted by atomic mass is 10.1. The zero-order valence-corrected chi connectivity index (χ0v) is 17.1. The standard InChI is InChI=1S/C23H20N6O3/c1-2-8-18(9-3-1)29(20-16-30-13-14-31-20)23-28-27-22(32-23)19-10-6-12-25-21(19)26-15-17-7-4-5-11-24-17/h1-2,4-8,10-14,16H,3,9,15H2,(H,25,26). The molecular formula is C23H20N6O3. The van der Waals surface area contributed by atoms with Gasteiger partial charge in [-0.15, -0.1) is 5.10 Å². The Kier molecular flexibility index (Phi) is 5.60. The van der Waals surface area contributed by atoms with E-state index in [1.807, 2.05) is 42.5 Å². The minimum Gasteiger partial charge on any atom is -0.464 e. The molecule has 4 heterocycles. The number of allylic oxidation sites excluding steroid dienone is 4. The Hall–Kier alpha value is -4.40. The van der Waals surface area contributed by atoms with Crippen LogP contribution in [0.5, 0.6) is 0 Å². The Bertz CT molecular complexity index is 1200. The third kappa shape index (κ3) is 4.22. The SMILES string of the molecule is C1=CCCC(N(C2=COC=CO2)c2nnc(-c3cccnc3NCc3ccccn3)o2)=C1. The lowest BCUT2D eigenvalue weighted by Crippen LogP contribution is -2.24. The van der Waals surface area contributed by atoms with Gasteiger partial charge >= 0.3 is 6.01 Å². The van der Waals surface area contributed by atoms with Gasteiger partial charge < -0.3 is 19.2 Å². The van der Waals surface area contributed by atoms with Gasteiger partial charge in [-0.2, -0.15) is 0 Å². The number of hydrogen-bond donors (Lipinski definition) is 1. The number of pyridine rings is 2. The molecule has 0 radical (unpaired) electrons. The molecular weight excluding hydrogens is 408 g/mol. The molecule has 9 nitrogen and oxygen atoms in total. The molecule has 5 rings (SSSR count). The van der Waals surface area contributed by atoms with E-state index in [0.29, 0.717) is 29.7 Å². The highest BCUT2D eigenvalue weighted by Crippen LogP contribution is 2.33. The van der Waals surface area contributed by atoms with Crippen LogP contribution in [0.3, 0.4) is 0 Å². The van der Waals surface area contributed by atoms with E-state index in [4.69, 9.17) is 13.9 Å². The zero-order valence-electron chi connectivity index (χ0n) is 17.1. The Morgan fingerprint density at radius 1 is 1.03 bits per heavy atom. The summed E-state index contributed by atoms with van der Waals surface area (Å²) in [6.07, 6.45) is 15.6. The molecule has 0 saturated carbocycles. The molecule has 3 aromatic heterocycles. The second kappa shape index (κ2) is 9.17. The summed E-state index contributed by atoms with van der Waals surface area (Å²) >= 11 is 0. The zero-order chi connectivity index (χ0) is 21.6. The van der Waals surface area contributed by atoms with Crippen LogP contribution in [0.4, 0.5) is 11.8 Å². The quantitative estimate of drug-likeness (QED) is 0.583. The van der Waals surface area contributed by atoms with Gasteiger partial charge in [-0.1, -0.05) is 23.3 Å². The molecule has 0 spiro atoms. The molecule has 0 bridgehead atoms. The van der Waals surface area contributed by atoms with Crippen molar-refractivity contribution < 1.29 is 13.9 Å². The number of anilines is 2. The highest BCUT2D eigenvalue weighted by Gasteiger charge is 2.26. The molecule has 160 valence electrons. The maximum absolute atomic E-state index is 6.07. The topological polar surface area (TPSA) is 98.4 Å². The van der Waals surface area contributed by atoms with Crippen LogP contribution >= 0.6 is 0 Å². The van der Waals surface area contributed by atoms with E-state index in [2.05, 4.69) is 31.6 Å². The molecule has 0 fully saturated rings. The second-order valence-corrected chi connectivity index (χ2v) is 6.91. The van der Waals surface area contributed by atoms with E-state index >= 15 is 0 Å². The molecule has 9 heteroatoms. The molecule has 0 saturated heterocycles. The highest BCUT2D eigenvalue weighted by molar-refractivity contribution is 5.69. The van der Waals surface area contributed by atoms with Gasteiger partial charge in [0.2, 0.25) is 5.88 Å². The van der Waals surface area contributed by atoms with Gasteiger partial charge in [0.15, 0.2) is 6.26 Å². The van der Waals surface area contributed by atoms with Crippen molar-refractivity contribution in [2.24, 2.45) is 0 Å². The van der Waals surface area contributed by atoms with E-state index in [1.165, 1.54) is 18.8 Å². The number of hydrogen-bond acceptors (Lipinski definition) is 9. The van der Waals surface area contributed by atoms with Crippen LogP contribution in [0.2, 0.25) is 0 Å². The molecule has 1 aliphatic carbocycles. The van der Waals surface area contributed by atoms with Gasteiger partial charge in [-0.25, -0.2) is 9.88 Å². The fourth-order valence-corrected chi connectivity index (χ4v) is 3.31. The van der Waals surface area contributed by atoms with Gasteiger partial charge in [0.1, 0.15) is 18.3 Å². The van der Waals surface area contributed by atoms with Crippen LogP contribution in [0.1, 0.15) is 18.5 Å². The smallest absolute Gasteiger partial charge is 0.330 e. The van der Waals surface area contributed by atoms with Gasteiger partial charge in [0.25, 0.3) is 5.89 Å². The van der Waals surface area contributed by atoms with E-state index in [0.717, 1.165) is 24.2 Å². The number of aromatic nitrogens is 4. The summed E-state index contributed by atoms with van der Waals surface area (Å²) in [5, 5.41) is 11.8. The summed E-state index contributed by atoms with van der Waals surface area (Å²) in [5.74, 6) is 1.39. The predicted octanol–water partition coefficient (Wildman–Crippen LogP) is 4.50. The first-order valence-corrected chi connectivity index (χ1v) is 10.1. The fourth-order valence-electron chi connectivity index (χ4n) is 3.31. The lowest BCUT2D eigenvalue weighted by Gasteiger charge is -2.25. The Morgan fingerprint density at radius 3 is 2.81 bits per heavy atom. The van der Waals surface area contributed by atoms with Gasteiger partial charge in [-0.3, -0.25) is 4.98 Å². The second-order valence-electron chi connectivity index (χ2n) is 6.91. The average molecular weight is 428 g/mol. The molecule has 2 aliphatic rings. The average Bonchev–Trinajstić information content (AvgIpc) is 3.34. The van der Waals surface area contributed by atoms with Crippen LogP contribution in [0, 0.1) is 0 Å². The van der Waals surface area contributed by atoms with Crippen molar-refractivity contribution in [3.05, 3.63) is 97.0 Å². The molecule has 1 aliphatic heterocycles. The molecule has 1 N–H and O–H groups in total. The van der Waals surface area contributed by atoms with Crippen molar-refractivity contribution in [2.75, 3.05) is 10.2 Å². The molecule has 32 heavy (non-hydrogen) atoms. The van der Waals surface area contributed by atoms with E-state index in [-0.39, 0.29) is 6.01 Å². The van der Waals surface area contributed by atoms with Crippen LogP contribution in [0.15, 0.2) is 95.7 Å². The maximum Gasteiger partial charge on any atom is 0.330 e. The number of ether oxygens (including phenoxy) is 2. The van der Waals surface area contributed by atoms with E-state index in [9.17, 15) is 0 Å². The summed E-state index contributed by atoms with van der Waals surface area (Å²) in [6, 6.07) is 9.73. The summed E-state index contributed by atoms with van der Waals surface area (Å²) in [6.45, 7) is 0.515. The third-order valence-corrected chi connectivity index (χ3v) is 4.80. The first-order chi connectivity index (χ1) is 15.9. The lowest BCUT2D eigenvalue weighted by molar-refractivity contribution is 0.247. The van der Waals surface area contributed by atoms with Gasteiger partial charge in [-0.05, 0) is 43.2 Å². The molecule has 0 aromatic carbocycles. The molecule has 3 aromatic rings. The predicted molar refractivity (Wildman–Crippen MR) is 117 cm³/mol. The van der Waals surface area contributed by atoms with Crippen molar-refractivity contribution in [1.82, 2.24) is 20.2 Å². The van der Waals surface area contributed by atoms with Crippen LogP contribution in [-0.2, 0) is 16.0 Å². The van der Waals surface area contributed by atoms with E-state index in [1.54, 1.807) is 17.3 Å². The monoisotopic (exact) mass is 428 g/mol. The third-order valence-electron chi connectivity index (χ3n) is 4.80. The number of rotatable bonds is 7. The minimum atomic E-state index is 0.270. The summed E-state index contributed by atoms with van der Waals surface area (Å²) < 4.78 is 17.0. The largest absolute Gasteiger partial charge is 0.464 e. The summed E-state index contributed by atoms with van der Waals surface area (Å²) in [4.78, 5) is 10.5. The first kappa shape index (κ1) is 19.6. The van der Waals surface area contributed by atoms with E-state index < -0.39 is 0 Å². The van der Waals surface area contributed by atoms with Crippen LogP contribution < -0.4 is 10.2 Å². The summed E-state index contributed by atoms with van der Waals surface area (Å²) in [5.41, 5.74) is 2.54. The van der Waals surface area contributed by atoms with Crippen molar-refractivity contribution in [3.8, 4) is 11.5 Å². The van der Waals surface area contributed by atoms with Gasteiger partial charge in [0.05, 0.1) is 17.8 Å². The maximum atomic E-state index is 6.07.